The van der Waals surface area contributed by atoms with Crippen LogP contribution in [0.2, 0.25) is 0 Å². The molecule has 2 aromatic carbocycles. The molecule has 1 N–H and O–H groups in total. The fourth-order valence-electron chi connectivity index (χ4n) is 2.28. The fraction of sp³-hybridized carbons (Fsp3) is 0.333. The molecule has 2 aromatic rings. The van der Waals surface area contributed by atoms with Crippen LogP contribution in [0.25, 0.3) is 0 Å². The molecular formula is C21H26N2O4S. The van der Waals surface area contributed by atoms with Gasteiger partial charge in [-0.1, -0.05) is 12.1 Å². The first-order valence-electron chi connectivity index (χ1n) is 9.13. The molecule has 0 aliphatic heterocycles. The number of rotatable bonds is 9. The van der Waals surface area contributed by atoms with Gasteiger partial charge in [0.15, 0.2) is 11.5 Å². The standard InChI is InChI=1S/C21H26N2O4S/c1-4-26-18-8-5-6-9-19(18)27-15-7-10-20(24)22-16-11-13-17(14-12-16)28-21(25)23(2)3/h5-6,8-9,11-14H,4,7,10,15H2,1-3H3,(H,22,24). The molecular weight excluding hydrogens is 376 g/mol. The average molecular weight is 403 g/mol. The molecule has 28 heavy (non-hydrogen) atoms. The highest BCUT2D eigenvalue weighted by atomic mass is 32.2. The van der Waals surface area contributed by atoms with Crippen molar-refractivity contribution in [3.05, 3.63) is 48.5 Å². The van der Waals surface area contributed by atoms with E-state index in [1.165, 1.54) is 4.90 Å². The van der Waals surface area contributed by atoms with Crippen LogP contribution in [0.15, 0.2) is 53.4 Å². The van der Waals surface area contributed by atoms with Crippen molar-refractivity contribution in [2.75, 3.05) is 32.6 Å². The van der Waals surface area contributed by atoms with Gasteiger partial charge in [0, 0.05) is 31.1 Å². The minimum atomic E-state index is -0.0773. The van der Waals surface area contributed by atoms with Gasteiger partial charge in [0.1, 0.15) is 0 Å². The molecule has 2 amide bonds. The Bertz CT molecular complexity index is 778. The Morgan fingerprint density at radius 2 is 1.64 bits per heavy atom. The molecule has 0 heterocycles. The maximum atomic E-state index is 12.1. The topological polar surface area (TPSA) is 67.9 Å². The number of thioether (sulfide) groups is 1. The molecule has 0 radical (unpaired) electrons. The number of nitrogens with one attached hydrogen (secondary N) is 1. The van der Waals surface area contributed by atoms with Gasteiger partial charge in [-0.2, -0.15) is 0 Å². The van der Waals surface area contributed by atoms with E-state index in [4.69, 9.17) is 9.47 Å². The highest BCUT2D eigenvalue weighted by Crippen LogP contribution is 2.26. The van der Waals surface area contributed by atoms with E-state index in [0.717, 1.165) is 16.7 Å². The Hall–Kier alpha value is -2.67. The van der Waals surface area contributed by atoms with Gasteiger partial charge in [-0.15, -0.1) is 0 Å². The first kappa shape index (κ1) is 21.6. The van der Waals surface area contributed by atoms with E-state index in [0.29, 0.717) is 43.2 Å². The zero-order valence-electron chi connectivity index (χ0n) is 16.4. The number of nitrogens with zero attached hydrogens (tertiary/aromatic N) is 1. The molecule has 0 unspecified atom stereocenters. The first-order valence-corrected chi connectivity index (χ1v) is 9.95. The third kappa shape index (κ3) is 7.15. The van der Waals surface area contributed by atoms with Gasteiger partial charge in [0.25, 0.3) is 5.24 Å². The lowest BCUT2D eigenvalue weighted by Gasteiger charge is -2.11. The molecule has 0 aromatic heterocycles. The first-order chi connectivity index (χ1) is 13.5. The molecule has 0 fully saturated rings. The van der Waals surface area contributed by atoms with E-state index >= 15 is 0 Å². The second kappa shape index (κ2) is 11.2. The van der Waals surface area contributed by atoms with Gasteiger partial charge in [0.05, 0.1) is 13.2 Å². The molecule has 0 aliphatic rings. The number of para-hydroxylation sites is 2. The number of carbonyl (C=O) groups excluding carboxylic acids is 2. The normalized spacial score (nSPS) is 10.2. The molecule has 0 saturated carbocycles. The number of carbonyl (C=O) groups is 2. The van der Waals surface area contributed by atoms with Crippen LogP contribution in [-0.4, -0.2) is 43.4 Å². The van der Waals surface area contributed by atoms with E-state index < -0.39 is 0 Å². The molecule has 0 aliphatic carbocycles. The van der Waals surface area contributed by atoms with Gasteiger partial charge < -0.3 is 19.7 Å². The van der Waals surface area contributed by atoms with E-state index in [9.17, 15) is 9.59 Å². The summed E-state index contributed by atoms with van der Waals surface area (Å²) in [6, 6.07) is 14.7. The summed E-state index contributed by atoms with van der Waals surface area (Å²) < 4.78 is 11.2. The highest BCUT2D eigenvalue weighted by molar-refractivity contribution is 8.13. The van der Waals surface area contributed by atoms with E-state index in [2.05, 4.69) is 5.32 Å². The molecule has 150 valence electrons. The zero-order valence-corrected chi connectivity index (χ0v) is 17.3. The van der Waals surface area contributed by atoms with Crippen LogP contribution >= 0.6 is 11.8 Å². The third-order valence-electron chi connectivity index (χ3n) is 3.66. The number of hydrogen-bond acceptors (Lipinski definition) is 5. The predicted octanol–water partition coefficient (Wildman–Crippen LogP) is 4.66. The lowest BCUT2D eigenvalue weighted by molar-refractivity contribution is -0.116. The average Bonchev–Trinajstić information content (AvgIpc) is 2.68. The SMILES string of the molecule is CCOc1ccccc1OCCCC(=O)Nc1ccc(SC(=O)N(C)C)cc1. The summed E-state index contributed by atoms with van der Waals surface area (Å²) in [6.07, 6.45) is 0.948. The van der Waals surface area contributed by atoms with Crippen LogP contribution in [0.3, 0.4) is 0 Å². The number of ether oxygens (including phenoxy) is 2. The largest absolute Gasteiger partial charge is 0.490 e. The Morgan fingerprint density at radius 3 is 2.25 bits per heavy atom. The monoisotopic (exact) mass is 402 g/mol. The van der Waals surface area contributed by atoms with Crippen molar-refractivity contribution in [3.63, 3.8) is 0 Å². The predicted molar refractivity (Wildman–Crippen MR) is 112 cm³/mol. The molecule has 6 nitrogen and oxygen atoms in total. The van der Waals surface area contributed by atoms with Crippen LogP contribution in [0.1, 0.15) is 19.8 Å². The molecule has 7 heteroatoms. The molecule has 2 rings (SSSR count). The maximum Gasteiger partial charge on any atom is 0.285 e. The Kier molecular flexibility index (Phi) is 8.68. The number of anilines is 1. The lowest BCUT2D eigenvalue weighted by atomic mass is 10.2. The summed E-state index contributed by atoms with van der Waals surface area (Å²) in [7, 11) is 3.42. The van der Waals surface area contributed by atoms with Gasteiger partial charge in [-0.25, -0.2) is 0 Å². The van der Waals surface area contributed by atoms with Crippen molar-refractivity contribution in [2.45, 2.75) is 24.7 Å². The minimum Gasteiger partial charge on any atom is -0.490 e. The van der Waals surface area contributed by atoms with Crippen molar-refractivity contribution < 1.29 is 19.1 Å². The molecule has 0 saturated heterocycles. The summed E-state index contributed by atoms with van der Waals surface area (Å²) in [5.74, 6) is 1.32. The zero-order chi connectivity index (χ0) is 20.4. The van der Waals surface area contributed by atoms with Crippen LogP contribution < -0.4 is 14.8 Å². The van der Waals surface area contributed by atoms with Gasteiger partial charge >= 0.3 is 0 Å². The van der Waals surface area contributed by atoms with Crippen LogP contribution in [-0.2, 0) is 4.79 Å². The van der Waals surface area contributed by atoms with Crippen LogP contribution in [0.4, 0.5) is 10.5 Å². The highest BCUT2D eigenvalue weighted by Gasteiger charge is 2.08. The van der Waals surface area contributed by atoms with Crippen LogP contribution in [0, 0.1) is 0 Å². The second-order valence-corrected chi connectivity index (χ2v) is 7.19. The summed E-state index contributed by atoms with van der Waals surface area (Å²) in [5.41, 5.74) is 0.703. The summed E-state index contributed by atoms with van der Waals surface area (Å²) >= 11 is 1.15. The third-order valence-corrected chi connectivity index (χ3v) is 4.71. The van der Waals surface area contributed by atoms with Gasteiger partial charge in [0.2, 0.25) is 5.91 Å². The van der Waals surface area contributed by atoms with Gasteiger partial charge in [-0.3, -0.25) is 9.59 Å². The Labute approximate surface area is 170 Å². The Morgan fingerprint density at radius 1 is 1.00 bits per heavy atom. The summed E-state index contributed by atoms with van der Waals surface area (Å²) in [5, 5.41) is 2.81. The van der Waals surface area contributed by atoms with E-state index in [-0.39, 0.29) is 11.1 Å². The van der Waals surface area contributed by atoms with Crippen molar-refractivity contribution in [3.8, 4) is 11.5 Å². The van der Waals surface area contributed by atoms with E-state index in [1.54, 1.807) is 26.2 Å². The van der Waals surface area contributed by atoms with Gasteiger partial charge in [-0.05, 0) is 61.5 Å². The fourth-order valence-corrected chi connectivity index (χ4v) is 2.94. The molecule has 0 spiro atoms. The minimum absolute atomic E-state index is 0.0392. The summed E-state index contributed by atoms with van der Waals surface area (Å²) in [4.78, 5) is 26.1. The Balaban J connectivity index is 1.73. The van der Waals surface area contributed by atoms with Crippen LogP contribution in [0.5, 0.6) is 11.5 Å². The summed E-state index contributed by atoms with van der Waals surface area (Å²) in [6.45, 7) is 2.93. The van der Waals surface area contributed by atoms with Crippen molar-refractivity contribution in [2.24, 2.45) is 0 Å². The number of benzene rings is 2. The molecule has 0 bridgehead atoms. The van der Waals surface area contributed by atoms with Crippen molar-refractivity contribution in [1.82, 2.24) is 4.90 Å². The number of amides is 2. The maximum absolute atomic E-state index is 12.1. The van der Waals surface area contributed by atoms with Crippen molar-refractivity contribution in [1.29, 1.82) is 0 Å². The smallest absolute Gasteiger partial charge is 0.285 e. The number of hydrogen-bond donors (Lipinski definition) is 1. The van der Waals surface area contributed by atoms with E-state index in [1.807, 2.05) is 43.3 Å². The molecule has 0 atom stereocenters. The lowest BCUT2D eigenvalue weighted by Crippen LogP contribution is -2.16. The quantitative estimate of drug-likeness (QED) is 0.488. The van der Waals surface area contributed by atoms with Crippen molar-refractivity contribution >= 4 is 28.6 Å². The second-order valence-electron chi connectivity index (χ2n) is 6.17.